The summed E-state index contributed by atoms with van der Waals surface area (Å²) in [5, 5.41) is 10.2. The summed E-state index contributed by atoms with van der Waals surface area (Å²) in [5.41, 5.74) is 1.38. The van der Waals surface area contributed by atoms with Crippen LogP contribution in [0.2, 0.25) is 0 Å². The number of carbonyl (C=O) groups is 1. The van der Waals surface area contributed by atoms with E-state index in [1.54, 1.807) is 6.07 Å². The highest BCUT2D eigenvalue weighted by Gasteiger charge is 2.19. The Bertz CT molecular complexity index is 342. The van der Waals surface area contributed by atoms with E-state index in [0.29, 0.717) is 11.6 Å². The first-order valence-electron chi connectivity index (χ1n) is 5.15. The molecule has 0 bridgehead atoms. The second-order valence-electron chi connectivity index (χ2n) is 3.74. The number of hydrogen-bond acceptors (Lipinski definition) is 4. The number of aromatic amines is 1. The zero-order chi connectivity index (χ0) is 10.7. The van der Waals surface area contributed by atoms with Crippen molar-refractivity contribution in [1.82, 2.24) is 15.5 Å². The minimum Gasteiger partial charge on any atom is -0.464 e. The highest BCUT2D eigenvalue weighted by atomic mass is 16.5. The molecule has 1 fully saturated rings. The molecule has 15 heavy (non-hydrogen) atoms. The van der Waals surface area contributed by atoms with Crippen molar-refractivity contribution in [3.8, 4) is 0 Å². The summed E-state index contributed by atoms with van der Waals surface area (Å²) in [7, 11) is 1.36. The number of nitrogens with zero attached hydrogens (tertiary/aromatic N) is 1. The number of nitrogens with one attached hydrogen (secondary N) is 2. The molecule has 0 saturated carbocycles. The highest BCUT2D eigenvalue weighted by molar-refractivity contribution is 5.87. The number of hydrogen-bond donors (Lipinski definition) is 2. The van der Waals surface area contributed by atoms with Crippen molar-refractivity contribution in [2.75, 3.05) is 20.2 Å². The fourth-order valence-corrected chi connectivity index (χ4v) is 1.87. The summed E-state index contributed by atoms with van der Waals surface area (Å²) in [6.07, 6.45) is 2.30. The molecule has 2 N–H and O–H groups in total. The lowest BCUT2D eigenvalue weighted by molar-refractivity contribution is 0.0594. The van der Waals surface area contributed by atoms with E-state index in [4.69, 9.17) is 0 Å². The number of ether oxygens (including phenoxy) is 1. The van der Waals surface area contributed by atoms with Gasteiger partial charge in [0.1, 0.15) is 0 Å². The zero-order valence-corrected chi connectivity index (χ0v) is 8.75. The molecule has 2 rings (SSSR count). The van der Waals surface area contributed by atoms with E-state index >= 15 is 0 Å². The van der Waals surface area contributed by atoms with Crippen LogP contribution >= 0.6 is 0 Å². The van der Waals surface area contributed by atoms with Gasteiger partial charge in [-0.3, -0.25) is 5.10 Å². The van der Waals surface area contributed by atoms with Crippen molar-refractivity contribution in [1.29, 1.82) is 0 Å². The number of esters is 1. The van der Waals surface area contributed by atoms with Crippen LogP contribution in [0.4, 0.5) is 0 Å². The maximum absolute atomic E-state index is 11.2. The molecule has 1 aromatic rings. The predicted molar refractivity (Wildman–Crippen MR) is 54.8 cm³/mol. The van der Waals surface area contributed by atoms with E-state index in [1.807, 2.05) is 0 Å². The Balaban J connectivity index is 2.08. The van der Waals surface area contributed by atoms with Gasteiger partial charge in [-0.1, -0.05) is 0 Å². The molecule has 0 radical (unpaired) electrons. The molecule has 1 aliphatic rings. The predicted octanol–water partition coefficient (Wildman–Crippen LogP) is 0.663. The normalized spacial score (nSPS) is 21.3. The van der Waals surface area contributed by atoms with Crippen LogP contribution in [-0.2, 0) is 4.74 Å². The van der Waals surface area contributed by atoms with Crippen molar-refractivity contribution >= 4 is 5.97 Å². The SMILES string of the molecule is COC(=O)c1cc([C@@H]2CCCNC2)[nH]n1. The van der Waals surface area contributed by atoms with Gasteiger partial charge in [0, 0.05) is 18.2 Å². The molecule has 1 atom stereocenters. The van der Waals surface area contributed by atoms with Crippen LogP contribution in [0.25, 0.3) is 0 Å². The first-order valence-corrected chi connectivity index (χ1v) is 5.15. The smallest absolute Gasteiger partial charge is 0.358 e. The van der Waals surface area contributed by atoms with Crippen molar-refractivity contribution in [2.45, 2.75) is 18.8 Å². The maximum atomic E-state index is 11.2. The molecule has 0 aromatic carbocycles. The molecule has 5 nitrogen and oxygen atoms in total. The summed E-state index contributed by atoms with van der Waals surface area (Å²) >= 11 is 0. The van der Waals surface area contributed by atoms with Crippen LogP contribution in [0.5, 0.6) is 0 Å². The van der Waals surface area contributed by atoms with Gasteiger partial charge in [0.05, 0.1) is 7.11 Å². The van der Waals surface area contributed by atoms with Crippen molar-refractivity contribution in [3.05, 3.63) is 17.5 Å². The molecule has 5 heteroatoms. The Labute approximate surface area is 88.2 Å². The molecular weight excluding hydrogens is 194 g/mol. The Hall–Kier alpha value is -1.36. The summed E-state index contributed by atoms with van der Waals surface area (Å²) < 4.78 is 4.60. The average Bonchev–Trinajstić information content (AvgIpc) is 2.78. The number of H-pyrrole nitrogens is 1. The van der Waals surface area contributed by atoms with Gasteiger partial charge in [-0.05, 0) is 25.5 Å². The monoisotopic (exact) mass is 209 g/mol. The van der Waals surface area contributed by atoms with Crippen LogP contribution in [0.15, 0.2) is 6.07 Å². The third-order valence-electron chi connectivity index (χ3n) is 2.73. The quantitative estimate of drug-likeness (QED) is 0.702. The fourth-order valence-electron chi connectivity index (χ4n) is 1.87. The van der Waals surface area contributed by atoms with Crippen LogP contribution in [0.1, 0.15) is 34.9 Å². The number of rotatable bonds is 2. The summed E-state index contributed by atoms with van der Waals surface area (Å²) in [6, 6.07) is 1.78. The van der Waals surface area contributed by atoms with E-state index in [-0.39, 0.29) is 5.97 Å². The Morgan fingerprint density at radius 1 is 1.67 bits per heavy atom. The lowest BCUT2D eigenvalue weighted by atomic mass is 9.96. The van der Waals surface area contributed by atoms with Crippen molar-refractivity contribution in [2.24, 2.45) is 0 Å². The highest BCUT2D eigenvalue weighted by Crippen LogP contribution is 2.21. The average molecular weight is 209 g/mol. The maximum Gasteiger partial charge on any atom is 0.358 e. The molecule has 82 valence electrons. The van der Waals surface area contributed by atoms with E-state index in [0.717, 1.165) is 31.6 Å². The summed E-state index contributed by atoms with van der Waals surface area (Å²) in [6.45, 7) is 2.03. The van der Waals surface area contributed by atoms with Gasteiger partial charge in [-0.25, -0.2) is 4.79 Å². The van der Waals surface area contributed by atoms with Crippen LogP contribution in [0.3, 0.4) is 0 Å². The largest absolute Gasteiger partial charge is 0.464 e. The Kier molecular flexibility index (Phi) is 3.01. The van der Waals surface area contributed by atoms with Gasteiger partial charge >= 0.3 is 5.97 Å². The number of piperidine rings is 1. The zero-order valence-electron chi connectivity index (χ0n) is 8.75. The van der Waals surface area contributed by atoms with E-state index in [2.05, 4.69) is 20.3 Å². The second-order valence-corrected chi connectivity index (χ2v) is 3.74. The van der Waals surface area contributed by atoms with Crippen molar-refractivity contribution < 1.29 is 9.53 Å². The topological polar surface area (TPSA) is 67.0 Å². The van der Waals surface area contributed by atoms with Gasteiger partial charge in [-0.2, -0.15) is 5.10 Å². The van der Waals surface area contributed by atoms with Crippen LogP contribution < -0.4 is 5.32 Å². The standard InChI is InChI=1S/C10H15N3O2/c1-15-10(14)9-5-8(12-13-9)7-3-2-4-11-6-7/h5,7,11H,2-4,6H2,1H3,(H,12,13)/t7-/m1/s1. The van der Waals surface area contributed by atoms with Crippen LogP contribution in [-0.4, -0.2) is 36.4 Å². The number of aromatic nitrogens is 2. The van der Waals surface area contributed by atoms with Crippen molar-refractivity contribution in [3.63, 3.8) is 0 Å². The fraction of sp³-hybridized carbons (Fsp3) is 0.600. The molecule has 0 aliphatic carbocycles. The minimum atomic E-state index is -0.388. The van der Waals surface area contributed by atoms with E-state index in [1.165, 1.54) is 7.11 Å². The second kappa shape index (κ2) is 4.44. The molecule has 0 unspecified atom stereocenters. The van der Waals surface area contributed by atoms with Gasteiger partial charge < -0.3 is 10.1 Å². The van der Waals surface area contributed by atoms with E-state index < -0.39 is 0 Å². The molecule has 1 aromatic heterocycles. The van der Waals surface area contributed by atoms with Gasteiger partial charge in [-0.15, -0.1) is 0 Å². The van der Waals surface area contributed by atoms with Gasteiger partial charge in [0.25, 0.3) is 0 Å². The molecule has 1 aliphatic heterocycles. The first kappa shape index (κ1) is 10.2. The number of carbonyl (C=O) groups excluding carboxylic acids is 1. The molecule has 0 spiro atoms. The molecular formula is C10H15N3O2. The van der Waals surface area contributed by atoms with E-state index in [9.17, 15) is 4.79 Å². The lowest BCUT2D eigenvalue weighted by Crippen LogP contribution is -2.28. The third-order valence-corrected chi connectivity index (χ3v) is 2.73. The Morgan fingerprint density at radius 3 is 3.20 bits per heavy atom. The Morgan fingerprint density at radius 2 is 2.53 bits per heavy atom. The van der Waals surface area contributed by atoms with Gasteiger partial charge in [0.2, 0.25) is 0 Å². The number of methoxy groups -OCH3 is 1. The van der Waals surface area contributed by atoms with Crippen LogP contribution in [0, 0.1) is 0 Å². The summed E-state index contributed by atoms with van der Waals surface area (Å²) in [5.74, 6) is 0.0472. The lowest BCUT2D eigenvalue weighted by Gasteiger charge is -2.20. The molecule has 1 saturated heterocycles. The summed E-state index contributed by atoms with van der Waals surface area (Å²) in [4.78, 5) is 11.2. The molecule has 0 amide bonds. The first-order chi connectivity index (χ1) is 7.31. The van der Waals surface area contributed by atoms with Gasteiger partial charge in [0.15, 0.2) is 5.69 Å². The minimum absolute atomic E-state index is 0.359. The third kappa shape index (κ3) is 2.18. The molecule has 2 heterocycles.